The molecular weight excluding hydrogens is 470 g/mol. The summed E-state index contributed by atoms with van der Waals surface area (Å²) in [6.07, 6.45) is 5.19. The Kier molecular flexibility index (Phi) is 9.12. The van der Waals surface area contributed by atoms with Crippen molar-refractivity contribution in [3.8, 4) is 11.5 Å². The molecule has 0 aliphatic heterocycles. The van der Waals surface area contributed by atoms with E-state index in [9.17, 15) is 14.4 Å². The van der Waals surface area contributed by atoms with Crippen LogP contribution < -0.4 is 25.6 Å². The molecule has 4 rings (SSSR count). The van der Waals surface area contributed by atoms with Crippen molar-refractivity contribution in [3.63, 3.8) is 0 Å². The van der Waals surface area contributed by atoms with Crippen LogP contribution >= 0.6 is 0 Å². The summed E-state index contributed by atoms with van der Waals surface area (Å²) >= 11 is 0. The van der Waals surface area contributed by atoms with Crippen molar-refractivity contribution in [2.24, 2.45) is 5.92 Å². The molecular formula is C29H31N3O5. The molecule has 3 aromatic rings. The average molecular weight is 502 g/mol. The van der Waals surface area contributed by atoms with Gasteiger partial charge in [-0.15, -0.1) is 0 Å². The first-order valence-corrected chi connectivity index (χ1v) is 12.5. The maximum atomic E-state index is 12.7. The van der Waals surface area contributed by atoms with E-state index >= 15 is 0 Å². The standard InChI is InChI=1S/C29H31N3O5/c33-27(21-9-3-1-4-10-21)30-23-17-15-22(16-18-23)28(34)31-32-29(35)25-13-7-8-14-26(25)37-20-19-36-24-11-5-2-6-12-24/h2,5-8,11-18,21H,1,3-4,9-10,19-20H2,(H,30,33)(H,31,34)(H,32,35). The van der Waals surface area contributed by atoms with Crippen molar-refractivity contribution in [3.05, 3.63) is 90.0 Å². The van der Waals surface area contributed by atoms with Crippen LogP contribution in [0, 0.1) is 5.92 Å². The number of rotatable bonds is 9. The van der Waals surface area contributed by atoms with Crippen LogP contribution in [0.3, 0.4) is 0 Å². The highest BCUT2D eigenvalue weighted by Gasteiger charge is 2.21. The Morgan fingerprint density at radius 2 is 1.35 bits per heavy atom. The molecule has 1 fully saturated rings. The van der Waals surface area contributed by atoms with Crippen molar-refractivity contribution in [2.45, 2.75) is 32.1 Å². The molecule has 192 valence electrons. The van der Waals surface area contributed by atoms with Gasteiger partial charge < -0.3 is 14.8 Å². The summed E-state index contributed by atoms with van der Waals surface area (Å²) in [5.74, 6) is 0.202. The van der Waals surface area contributed by atoms with Gasteiger partial charge in [0, 0.05) is 17.2 Å². The molecule has 0 saturated heterocycles. The van der Waals surface area contributed by atoms with E-state index in [1.165, 1.54) is 6.42 Å². The SMILES string of the molecule is O=C(NNC(=O)c1ccccc1OCCOc1ccccc1)c1ccc(NC(=O)C2CCCCC2)cc1. The quantitative estimate of drug-likeness (QED) is 0.290. The third-order valence-corrected chi connectivity index (χ3v) is 6.16. The molecule has 3 amide bonds. The molecule has 0 heterocycles. The molecule has 8 heteroatoms. The van der Waals surface area contributed by atoms with Gasteiger partial charge in [-0.25, -0.2) is 0 Å². The summed E-state index contributed by atoms with van der Waals surface area (Å²) in [6.45, 7) is 0.559. The highest BCUT2D eigenvalue weighted by atomic mass is 16.5. The molecule has 1 aliphatic rings. The van der Waals surface area contributed by atoms with E-state index in [0.717, 1.165) is 31.4 Å². The second-order valence-corrected chi connectivity index (χ2v) is 8.82. The molecule has 0 unspecified atom stereocenters. The summed E-state index contributed by atoms with van der Waals surface area (Å²) in [6, 6.07) is 22.7. The van der Waals surface area contributed by atoms with Crippen LogP contribution in [0.25, 0.3) is 0 Å². The molecule has 0 atom stereocenters. The van der Waals surface area contributed by atoms with E-state index < -0.39 is 11.8 Å². The fourth-order valence-electron chi connectivity index (χ4n) is 4.18. The number of hydrazine groups is 1. The van der Waals surface area contributed by atoms with E-state index in [1.807, 2.05) is 30.3 Å². The lowest BCUT2D eigenvalue weighted by Crippen LogP contribution is -2.41. The first kappa shape index (κ1) is 25.8. The van der Waals surface area contributed by atoms with Gasteiger partial charge in [-0.1, -0.05) is 49.6 Å². The number of carbonyl (C=O) groups excluding carboxylic acids is 3. The van der Waals surface area contributed by atoms with Gasteiger partial charge in [0.1, 0.15) is 24.7 Å². The minimum Gasteiger partial charge on any atom is -0.490 e. The molecule has 1 aliphatic carbocycles. The number of hydrogen-bond donors (Lipinski definition) is 3. The largest absolute Gasteiger partial charge is 0.490 e. The molecule has 0 radical (unpaired) electrons. The van der Waals surface area contributed by atoms with E-state index in [-0.39, 0.29) is 24.0 Å². The van der Waals surface area contributed by atoms with Crippen LogP contribution in [-0.4, -0.2) is 30.9 Å². The Balaban J connectivity index is 1.25. The monoisotopic (exact) mass is 501 g/mol. The van der Waals surface area contributed by atoms with Crippen molar-refractivity contribution < 1.29 is 23.9 Å². The molecule has 1 saturated carbocycles. The highest BCUT2D eigenvalue weighted by molar-refractivity contribution is 6.01. The van der Waals surface area contributed by atoms with Crippen molar-refractivity contribution in [1.29, 1.82) is 0 Å². The summed E-state index contributed by atoms with van der Waals surface area (Å²) in [5.41, 5.74) is 6.11. The lowest BCUT2D eigenvalue weighted by molar-refractivity contribution is -0.120. The van der Waals surface area contributed by atoms with Crippen LogP contribution in [0.15, 0.2) is 78.9 Å². The number of benzene rings is 3. The summed E-state index contributed by atoms with van der Waals surface area (Å²) in [5, 5.41) is 2.92. The highest BCUT2D eigenvalue weighted by Crippen LogP contribution is 2.25. The predicted octanol–water partition coefficient (Wildman–Crippen LogP) is 4.74. The number of amides is 3. The number of ether oxygens (including phenoxy) is 2. The van der Waals surface area contributed by atoms with Crippen LogP contribution in [-0.2, 0) is 4.79 Å². The van der Waals surface area contributed by atoms with E-state index in [1.54, 1.807) is 48.5 Å². The Labute approximate surface area is 216 Å². The van der Waals surface area contributed by atoms with E-state index in [2.05, 4.69) is 16.2 Å². The minimum atomic E-state index is -0.510. The zero-order valence-corrected chi connectivity index (χ0v) is 20.6. The molecule has 3 N–H and O–H groups in total. The second kappa shape index (κ2) is 13.1. The lowest BCUT2D eigenvalue weighted by atomic mass is 9.88. The number of carbonyl (C=O) groups is 3. The van der Waals surface area contributed by atoms with Crippen LogP contribution in [0.1, 0.15) is 52.8 Å². The average Bonchev–Trinajstić information content (AvgIpc) is 2.95. The van der Waals surface area contributed by atoms with Crippen LogP contribution in [0.5, 0.6) is 11.5 Å². The zero-order valence-electron chi connectivity index (χ0n) is 20.6. The van der Waals surface area contributed by atoms with Gasteiger partial charge in [0.15, 0.2) is 0 Å². The predicted molar refractivity (Wildman–Crippen MR) is 140 cm³/mol. The smallest absolute Gasteiger partial charge is 0.273 e. The van der Waals surface area contributed by atoms with E-state index in [4.69, 9.17) is 9.47 Å². The normalized spacial score (nSPS) is 13.3. The van der Waals surface area contributed by atoms with E-state index in [0.29, 0.717) is 23.6 Å². The summed E-state index contributed by atoms with van der Waals surface area (Å²) in [7, 11) is 0. The Bertz CT molecular complexity index is 1190. The number of nitrogens with one attached hydrogen (secondary N) is 3. The molecule has 37 heavy (non-hydrogen) atoms. The second-order valence-electron chi connectivity index (χ2n) is 8.82. The lowest BCUT2D eigenvalue weighted by Gasteiger charge is -2.20. The zero-order chi connectivity index (χ0) is 25.9. The molecule has 0 spiro atoms. The fraction of sp³-hybridized carbons (Fsp3) is 0.276. The summed E-state index contributed by atoms with van der Waals surface area (Å²) in [4.78, 5) is 37.6. The van der Waals surface area contributed by atoms with Gasteiger partial charge in [0.05, 0.1) is 5.56 Å². The Hall–Kier alpha value is -4.33. The minimum absolute atomic E-state index is 0.0247. The van der Waals surface area contributed by atoms with Gasteiger partial charge in [-0.3, -0.25) is 25.2 Å². The van der Waals surface area contributed by atoms with Gasteiger partial charge >= 0.3 is 0 Å². The van der Waals surface area contributed by atoms with Crippen LogP contribution in [0.4, 0.5) is 5.69 Å². The van der Waals surface area contributed by atoms with Gasteiger partial charge in [-0.05, 0) is 61.4 Å². The molecule has 3 aromatic carbocycles. The maximum absolute atomic E-state index is 12.7. The topological polar surface area (TPSA) is 106 Å². The van der Waals surface area contributed by atoms with Gasteiger partial charge in [0.25, 0.3) is 11.8 Å². The first-order chi connectivity index (χ1) is 18.1. The van der Waals surface area contributed by atoms with Crippen LogP contribution in [0.2, 0.25) is 0 Å². The Morgan fingerprint density at radius 3 is 2.11 bits per heavy atom. The third kappa shape index (κ3) is 7.57. The maximum Gasteiger partial charge on any atom is 0.273 e. The van der Waals surface area contributed by atoms with Gasteiger partial charge in [-0.2, -0.15) is 0 Å². The van der Waals surface area contributed by atoms with Crippen molar-refractivity contribution in [2.75, 3.05) is 18.5 Å². The third-order valence-electron chi connectivity index (χ3n) is 6.16. The molecule has 8 nitrogen and oxygen atoms in total. The fourth-order valence-corrected chi connectivity index (χ4v) is 4.18. The van der Waals surface area contributed by atoms with Crippen molar-refractivity contribution in [1.82, 2.24) is 10.9 Å². The first-order valence-electron chi connectivity index (χ1n) is 12.5. The Morgan fingerprint density at radius 1 is 0.703 bits per heavy atom. The number of anilines is 1. The molecule has 0 bridgehead atoms. The summed E-state index contributed by atoms with van der Waals surface area (Å²) < 4.78 is 11.3. The van der Waals surface area contributed by atoms with Gasteiger partial charge in [0.2, 0.25) is 5.91 Å². The number of hydrogen-bond acceptors (Lipinski definition) is 5. The molecule has 0 aromatic heterocycles. The number of para-hydroxylation sites is 2. The van der Waals surface area contributed by atoms with Crippen molar-refractivity contribution >= 4 is 23.4 Å².